The fraction of sp³-hybridized carbons (Fsp3) is 0. The van der Waals surface area contributed by atoms with Crippen molar-refractivity contribution in [3.63, 3.8) is 0 Å². The van der Waals surface area contributed by atoms with Gasteiger partial charge in [-0.2, -0.15) is 11.8 Å². The van der Waals surface area contributed by atoms with Crippen LogP contribution in [-0.4, -0.2) is 0 Å². The minimum absolute atomic E-state index is 1.33. The van der Waals surface area contributed by atoms with Gasteiger partial charge in [0.15, 0.2) is 0 Å². The van der Waals surface area contributed by atoms with Crippen LogP contribution < -0.4 is 13.7 Å². The summed E-state index contributed by atoms with van der Waals surface area (Å²) >= 11 is 9.30. The van der Waals surface area contributed by atoms with Gasteiger partial charge >= 0.3 is 54.1 Å². The van der Waals surface area contributed by atoms with Gasteiger partial charge in [0.05, 0.1) is 0 Å². The van der Waals surface area contributed by atoms with Crippen LogP contribution in [0.4, 0.5) is 0 Å². The van der Waals surface area contributed by atoms with Gasteiger partial charge in [0.2, 0.25) is 0 Å². The maximum atomic E-state index is 9.29. The van der Waals surface area contributed by atoms with Gasteiger partial charge in [-0.1, -0.05) is 0 Å². The molecule has 0 unspecified atom stereocenters. The largest absolute Gasteiger partial charge is 0.850 e. The Morgan fingerprint density at radius 3 is 1.75 bits per heavy atom. The van der Waals surface area contributed by atoms with Crippen LogP contribution in [0.5, 0.6) is 0 Å². The number of rotatable bonds is 0. The number of hydrogen-bond donors (Lipinski definition) is 0. The van der Waals surface area contributed by atoms with Crippen LogP contribution in [0.3, 0.4) is 0 Å². The quantitative estimate of drug-likeness (QED) is 0.362. The van der Waals surface area contributed by atoms with E-state index in [1.165, 1.54) is 3.95 Å². The van der Waals surface area contributed by atoms with E-state index < -0.39 is 5.69 Å². The smallest absolute Gasteiger partial charge is 0.160 e. The van der Waals surface area contributed by atoms with Crippen molar-refractivity contribution < 1.29 is 29.6 Å². The van der Waals surface area contributed by atoms with Crippen molar-refractivity contribution >= 4 is 33.7 Å². The monoisotopic (exact) mass is 302 g/mol. The SMILES string of the molecule is [Mo+3][c]1ccccc1.[O-]P([O-])(=S)[S-]. The molecule has 1 rings (SSSR count). The first-order chi connectivity index (χ1) is 5.39. The molecular formula is C6H5MoO2PS2. The van der Waals surface area contributed by atoms with Crippen LogP contribution in [0.1, 0.15) is 0 Å². The molecular weight excluding hydrogens is 295 g/mol. The van der Waals surface area contributed by atoms with Gasteiger partial charge in [-0.05, 0) is 0 Å². The van der Waals surface area contributed by atoms with Gasteiger partial charge in [-0.25, -0.2) is 0 Å². The Morgan fingerprint density at radius 1 is 1.25 bits per heavy atom. The van der Waals surface area contributed by atoms with Crippen molar-refractivity contribution in [2.24, 2.45) is 0 Å². The zero-order valence-corrected chi connectivity index (χ0v) is 10.4. The van der Waals surface area contributed by atoms with Crippen molar-refractivity contribution in [1.82, 2.24) is 0 Å². The van der Waals surface area contributed by atoms with Crippen LogP contribution in [0.2, 0.25) is 0 Å². The molecule has 0 N–H and O–H groups in total. The molecule has 0 saturated heterocycles. The Morgan fingerprint density at radius 2 is 1.58 bits per heavy atom. The minimum atomic E-state index is -3.72. The molecule has 0 radical (unpaired) electrons. The topological polar surface area (TPSA) is 46.1 Å². The summed E-state index contributed by atoms with van der Waals surface area (Å²) in [4.78, 5) is 18.6. The van der Waals surface area contributed by atoms with E-state index in [2.05, 4.69) is 36.2 Å². The molecule has 0 aliphatic carbocycles. The molecule has 0 saturated carbocycles. The molecule has 0 heterocycles. The number of benzene rings is 1. The minimum Gasteiger partial charge on any atom is -0.850 e. The van der Waals surface area contributed by atoms with Crippen molar-refractivity contribution in [3.05, 3.63) is 30.3 Å². The normalized spacial score (nSPS) is 9.83. The maximum absolute atomic E-state index is 9.29. The first-order valence-electron chi connectivity index (χ1n) is 2.85. The zero-order valence-electron chi connectivity index (χ0n) is 5.88. The molecule has 0 bridgehead atoms. The van der Waals surface area contributed by atoms with Gasteiger partial charge < -0.3 is 27.7 Å². The molecule has 12 heavy (non-hydrogen) atoms. The molecule has 0 aliphatic heterocycles. The predicted molar refractivity (Wildman–Crippen MR) is 47.7 cm³/mol. The molecule has 0 amide bonds. The Kier molecular flexibility index (Phi) is 6.74. The van der Waals surface area contributed by atoms with Gasteiger partial charge in [0.1, 0.15) is 0 Å². The van der Waals surface area contributed by atoms with Gasteiger partial charge in [0.25, 0.3) is 0 Å². The van der Waals surface area contributed by atoms with E-state index in [9.17, 15) is 9.79 Å². The summed E-state index contributed by atoms with van der Waals surface area (Å²) in [5, 5.41) is 0. The van der Waals surface area contributed by atoms with Gasteiger partial charge in [0, 0.05) is 0 Å². The molecule has 1 aromatic rings. The molecule has 0 spiro atoms. The van der Waals surface area contributed by atoms with Crippen LogP contribution >= 0.6 is 5.69 Å². The van der Waals surface area contributed by atoms with Crippen LogP contribution in [-0.2, 0) is 43.9 Å². The van der Waals surface area contributed by atoms with E-state index in [-0.39, 0.29) is 0 Å². The van der Waals surface area contributed by atoms with E-state index in [0.29, 0.717) is 0 Å². The Bertz CT molecular complexity index is 253. The summed E-state index contributed by atoms with van der Waals surface area (Å²) in [6, 6.07) is 10.3. The second-order valence-corrected chi connectivity index (χ2v) is 7.39. The van der Waals surface area contributed by atoms with Gasteiger partial charge in [-0.15, -0.1) is 0 Å². The molecule has 2 nitrogen and oxygen atoms in total. The molecule has 6 heteroatoms. The fourth-order valence-electron chi connectivity index (χ4n) is 0.420. The fourth-order valence-corrected chi connectivity index (χ4v) is 0.807. The van der Waals surface area contributed by atoms with Crippen LogP contribution in [0, 0.1) is 0 Å². The summed E-state index contributed by atoms with van der Waals surface area (Å²) < 4.78 is 1.33. The van der Waals surface area contributed by atoms with Crippen molar-refractivity contribution in [1.29, 1.82) is 0 Å². The standard InChI is InChI=1S/C6H5.Mo.H3O2PS2/c1-2-4-6-5-3-1;;1-3(2,4)5/h1-5H;;(H3,1,2,4,5)/q;+3;/p-3. The summed E-state index contributed by atoms with van der Waals surface area (Å²) in [5.74, 6) is 0. The van der Waals surface area contributed by atoms with Crippen LogP contribution in [0.25, 0.3) is 0 Å². The Labute approximate surface area is 93.2 Å². The van der Waals surface area contributed by atoms with Crippen molar-refractivity contribution in [2.45, 2.75) is 0 Å². The first-order valence-corrected chi connectivity index (χ1v) is 7.50. The molecule has 0 aromatic heterocycles. The maximum Gasteiger partial charge on any atom is -0.160 e. The van der Waals surface area contributed by atoms with Gasteiger partial charge in [-0.3, -0.25) is 0 Å². The third kappa shape index (κ3) is 13.4. The van der Waals surface area contributed by atoms with Crippen LogP contribution in [0.15, 0.2) is 30.3 Å². The third-order valence-corrected chi connectivity index (χ3v) is 1.41. The first kappa shape index (κ1) is 12.8. The average Bonchev–Trinajstić information content (AvgIpc) is 1.85. The Hall–Kier alpha value is 0.828. The molecule has 0 fully saturated rings. The summed E-state index contributed by atoms with van der Waals surface area (Å²) in [6.45, 7) is 0. The molecule has 1 aromatic carbocycles. The number of hydrogen-bond acceptors (Lipinski definition) is 4. The molecule has 0 atom stereocenters. The third-order valence-electron chi connectivity index (χ3n) is 0.743. The second-order valence-electron chi connectivity index (χ2n) is 1.76. The van der Waals surface area contributed by atoms with E-state index >= 15 is 0 Å². The Balaban J connectivity index is 0.000000217. The van der Waals surface area contributed by atoms with Crippen molar-refractivity contribution in [2.75, 3.05) is 0 Å². The van der Waals surface area contributed by atoms with E-state index in [4.69, 9.17) is 0 Å². The van der Waals surface area contributed by atoms with E-state index in [1.807, 2.05) is 38.0 Å². The summed E-state index contributed by atoms with van der Waals surface area (Å²) in [5.41, 5.74) is -3.72. The predicted octanol–water partition coefficient (Wildman–Crippen LogP) is -0.663. The van der Waals surface area contributed by atoms with E-state index in [1.54, 1.807) is 0 Å². The van der Waals surface area contributed by atoms with Crippen molar-refractivity contribution in [3.8, 4) is 0 Å². The average molecular weight is 300 g/mol. The molecule has 0 aliphatic rings. The second kappa shape index (κ2) is 6.31. The summed E-state index contributed by atoms with van der Waals surface area (Å²) in [7, 11) is 0. The zero-order chi connectivity index (χ0) is 9.61. The van der Waals surface area contributed by atoms with E-state index in [0.717, 1.165) is 0 Å². The summed E-state index contributed by atoms with van der Waals surface area (Å²) in [6.07, 6.45) is 0. The molecule has 64 valence electrons.